The highest BCUT2D eigenvalue weighted by molar-refractivity contribution is 5.96. The van der Waals surface area contributed by atoms with Gasteiger partial charge in [-0.2, -0.15) is 0 Å². The third kappa shape index (κ3) is 4.69. The van der Waals surface area contributed by atoms with Gasteiger partial charge in [-0.3, -0.25) is 4.79 Å². The summed E-state index contributed by atoms with van der Waals surface area (Å²) >= 11 is 0. The quantitative estimate of drug-likeness (QED) is 0.333. The first kappa shape index (κ1) is 21.6. The third-order valence-corrected chi connectivity index (χ3v) is 4.98. The van der Waals surface area contributed by atoms with Crippen molar-refractivity contribution < 1.29 is 18.7 Å². The molecule has 33 heavy (non-hydrogen) atoms. The minimum Gasteiger partial charge on any atom is -0.452 e. The zero-order chi connectivity index (χ0) is 23.2. The maximum atomic E-state index is 13.0. The molecule has 1 aromatic heterocycles. The molecular weight excluding hydrogens is 420 g/mol. The molecule has 0 radical (unpaired) electrons. The number of rotatable bonds is 6. The normalized spacial score (nSPS) is 11.4. The maximum Gasteiger partial charge on any atom is 0.418 e. The van der Waals surface area contributed by atoms with Crippen LogP contribution in [0.25, 0.3) is 11.5 Å². The second-order valence-electron chi connectivity index (χ2n) is 7.08. The van der Waals surface area contributed by atoms with E-state index in [1.807, 2.05) is 36.4 Å². The van der Waals surface area contributed by atoms with Crippen LogP contribution in [0.2, 0.25) is 0 Å². The van der Waals surface area contributed by atoms with Gasteiger partial charge in [0.15, 0.2) is 0 Å². The van der Waals surface area contributed by atoms with Gasteiger partial charge >= 0.3 is 6.09 Å². The summed E-state index contributed by atoms with van der Waals surface area (Å²) in [6, 6.07) is 24.8. The minimum atomic E-state index is -1.03. The van der Waals surface area contributed by atoms with E-state index in [1.165, 1.54) is 18.2 Å². The smallest absolute Gasteiger partial charge is 0.418 e. The molecule has 3 N–H and O–H groups in total. The lowest BCUT2D eigenvalue weighted by Gasteiger charge is -2.30. The van der Waals surface area contributed by atoms with Crippen LogP contribution in [0.5, 0.6) is 0 Å². The van der Waals surface area contributed by atoms with Crippen molar-refractivity contribution >= 4 is 23.6 Å². The van der Waals surface area contributed by atoms with Crippen molar-refractivity contribution in [1.29, 1.82) is 0 Å². The van der Waals surface area contributed by atoms with Crippen LogP contribution >= 0.6 is 0 Å². The van der Waals surface area contributed by atoms with E-state index in [0.29, 0.717) is 22.7 Å². The van der Waals surface area contributed by atoms with E-state index in [0.717, 1.165) is 5.56 Å². The molecule has 0 bridgehead atoms. The van der Waals surface area contributed by atoms with Gasteiger partial charge in [0.1, 0.15) is 6.17 Å². The molecule has 0 saturated heterocycles. The van der Waals surface area contributed by atoms with Crippen LogP contribution in [0.1, 0.15) is 22.1 Å². The molecule has 166 valence electrons. The maximum absolute atomic E-state index is 13.0. The number of nitrogen functional groups attached to an aromatic ring is 1. The third-order valence-electron chi connectivity index (χ3n) is 4.98. The van der Waals surface area contributed by atoms with Crippen molar-refractivity contribution in [1.82, 2.24) is 10.3 Å². The first-order valence-corrected chi connectivity index (χ1v) is 10.2. The Morgan fingerprint density at radius 2 is 1.61 bits per heavy atom. The van der Waals surface area contributed by atoms with Crippen LogP contribution in [-0.2, 0) is 4.74 Å². The minimum absolute atomic E-state index is 0.0855. The van der Waals surface area contributed by atoms with Gasteiger partial charge < -0.3 is 20.2 Å². The lowest BCUT2D eigenvalue weighted by atomic mass is 10.1. The number of hydrogen-bond donors (Lipinski definition) is 2. The van der Waals surface area contributed by atoms with Crippen LogP contribution < -0.4 is 16.0 Å². The number of oxazole rings is 1. The van der Waals surface area contributed by atoms with Gasteiger partial charge in [-0.15, -0.1) is 0 Å². The highest BCUT2D eigenvalue weighted by Crippen LogP contribution is 2.32. The number of amides is 2. The lowest BCUT2D eigenvalue weighted by Crippen LogP contribution is -2.45. The number of methoxy groups -OCH3 is 1. The summed E-state index contributed by atoms with van der Waals surface area (Å²) in [5.74, 6) is -0.00320. The van der Waals surface area contributed by atoms with E-state index < -0.39 is 18.2 Å². The molecule has 3 aromatic carbocycles. The zero-order valence-corrected chi connectivity index (χ0v) is 17.8. The number of hydrogen-bond acceptors (Lipinski definition) is 6. The summed E-state index contributed by atoms with van der Waals surface area (Å²) in [6.07, 6.45) is -0.379. The Morgan fingerprint density at radius 1 is 0.970 bits per heavy atom. The molecule has 0 fully saturated rings. The molecule has 0 aliphatic heterocycles. The first-order valence-electron chi connectivity index (χ1n) is 10.2. The standard InChI is InChI=1S/C25H22N4O4/c1-32-25(31)29(21-16-27-24(33-21)18-12-6-3-7-13-18)22(19-14-8-9-15-20(19)26)28-23(30)17-10-4-2-5-11-17/h2-16,22H,26H2,1H3,(H,28,30). The lowest BCUT2D eigenvalue weighted by molar-refractivity contribution is 0.0933. The summed E-state index contributed by atoms with van der Waals surface area (Å²) in [6.45, 7) is 0. The van der Waals surface area contributed by atoms with E-state index in [4.69, 9.17) is 14.9 Å². The van der Waals surface area contributed by atoms with Gasteiger partial charge in [0.25, 0.3) is 5.91 Å². The average Bonchev–Trinajstić information content (AvgIpc) is 3.34. The number of para-hydroxylation sites is 1. The van der Waals surface area contributed by atoms with E-state index in [-0.39, 0.29) is 5.88 Å². The summed E-state index contributed by atoms with van der Waals surface area (Å²) in [4.78, 5) is 31.4. The first-order chi connectivity index (χ1) is 16.1. The van der Waals surface area contributed by atoms with Gasteiger partial charge in [0.2, 0.25) is 11.8 Å². The Labute approximate surface area is 190 Å². The molecule has 8 heteroatoms. The zero-order valence-electron chi connectivity index (χ0n) is 17.8. The summed E-state index contributed by atoms with van der Waals surface area (Å²) in [7, 11) is 1.24. The van der Waals surface area contributed by atoms with E-state index in [2.05, 4.69) is 10.3 Å². The fraction of sp³-hybridized carbons (Fsp3) is 0.0800. The molecule has 4 aromatic rings. The SMILES string of the molecule is COC(=O)N(c1cnc(-c2ccccc2)o1)C(NC(=O)c1ccccc1)c1ccccc1N. The number of benzene rings is 3. The van der Waals surface area contributed by atoms with Crippen molar-refractivity contribution in [2.24, 2.45) is 0 Å². The van der Waals surface area contributed by atoms with Gasteiger partial charge in [-0.05, 0) is 30.3 Å². The van der Waals surface area contributed by atoms with Crippen LogP contribution in [0.3, 0.4) is 0 Å². The molecule has 1 atom stereocenters. The van der Waals surface area contributed by atoms with E-state index in [1.54, 1.807) is 48.5 Å². The summed E-state index contributed by atoms with van der Waals surface area (Å²) < 4.78 is 10.9. The van der Waals surface area contributed by atoms with Crippen molar-refractivity contribution in [3.8, 4) is 11.5 Å². The van der Waals surface area contributed by atoms with E-state index >= 15 is 0 Å². The fourth-order valence-corrected chi connectivity index (χ4v) is 3.35. The predicted octanol–water partition coefficient (Wildman–Crippen LogP) is 4.63. The van der Waals surface area contributed by atoms with Crippen LogP contribution in [0.15, 0.2) is 95.5 Å². The second-order valence-corrected chi connectivity index (χ2v) is 7.08. The number of aromatic nitrogens is 1. The van der Waals surface area contributed by atoms with Crippen LogP contribution in [0.4, 0.5) is 16.4 Å². The molecule has 0 aliphatic carbocycles. The average molecular weight is 442 g/mol. The molecule has 8 nitrogen and oxygen atoms in total. The monoisotopic (exact) mass is 442 g/mol. The topological polar surface area (TPSA) is 111 Å². The number of nitrogens with zero attached hydrogens (tertiary/aromatic N) is 2. The Bertz CT molecular complexity index is 1240. The Hall–Kier alpha value is -4.59. The molecule has 0 saturated carbocycles. The Balaban J connectivity index is 1.78. The molecule has 0 aliphatic rings. The van der Waals surface area contributed by atoms with Crippen molar-refractivity contribution in [2.45, 2.75) is 6.17 Å². The van der Waals surface area contributed by atoms with Gasteiger partial charge in [0, 0.05) is 22.4 Å². The highest BCUT2D eigenvalue weighted by atomic mass is 16.5. The Morgan fingerprint density at radius 3 is 2.27 bits per heavy atom. The number of carbonyl (C=O) groups excluding carboxylic acids is 2. The predicted molar refractivity (Wildman–Crippen MR) is 124 cm³/mol. The highest BCUT2D eigenvalue weighted by Gasteiger charge is 2.33. The van der Waals surface area contributed by atoms with Gasteiger partial charge in [-0.1, -0.05) is 54.6 Å². The number of nitrogens with two attached hydrogens (primary N) is 1. The van der Waals surface area contributed by atoms with Crippen molar-refractivity contribution in [3.63, 3.8) is 0 Å². The molecule has 1 unspecified atom stereocenters. The summed E-state index contributed by atoms with van der Waals surface area (Å²) in [5, 5.41) is 2.87. The number of carbonyl (C=O) groups is 2. The number of ether oxygens (including phenoxy) is 1. The fourth-order valence-electron chi connectivity index (χ4n) is 3.35. The van der Waals surface area contributed by atoms with Crippen molar-refractivity contribution in [3.05, 3.63) is 102 Å². The van der Waals surface area contributed by atoms with Gasteiger partial charge in [0.05, 0.1) is 13.3 Å². The Kier molecular flexibility index (Phi) is 6.36. The van der Waals surface area contributed by atoms with E-state index in [9.17, 15) is 9.59 Å². The molecule has 0 spiro atoms. The number of anilines is 2. The summed E-state index contributed by atoms with van der Waals surface area (Å²) in [5.41, 5.74) is 8.24. The van der Waals surface area contributed by atoms with Crippen LogP contribution in [0, 0.1) is 0 Å². The number of nitrogens with one attached hydrogen (secondary N) is 1. The molecule has 2 amide bonds. The molecule has 1 heterocycles. The van der Waals surface area contributed by atoms with Gasteiger partial charge in [-0.25, -0.2) is 14.7 Å². The molecule has 4 rings (SSSR count). The largest absolute Gasteiger partial charge is 0.452 e. The second kappa shape index (κ2) is 9.69. The van der Waals surface area contributed by atoms with Crippen LogP contribution in [-0.4, -0.2) is 24.1 Å². The molecular formula is C25H22N4O4. The van der Waals surface area contributed by atoms with Crippen molar-refractivity contribution in [2.75, 3.05) is 17.7 Å².